The number of amides is 1. The van der Waals surface area contributed by atoms with Gasteiger partial charge in [-0.3, -0.25) is 9.59 Å². The highest BCUT2D eigenvalue weighted by atomic mass is 19.1. The number of fused-ring (bicyclic) bond motifs is 1. The first-order valence-electron chi connectivity index (χ1n) is 8.93. The van der Waals surface area contributed by atoms with Gasteiger partial charge in [0.2, 0.25) is 0 Å². The molecule has 0 aliphatic heterocycles. The SMILES string of the molecule is CC(C)Cn1nc(C(=O)N[C@H](C)c2ccc(F)cc2)c2ccccc2c1=O. The third-order valence-corrected chi connectivity index (χ3v) is 4.34. The number of rotatable bonds is 5. The highest BCUT2D eigenvalue weighted by Gasteiger charge is 2.19. The number of hydrogen-bond acceptors (Lipinski definition) is 3. The third kappa shape index (κ3) is 4.05. The highest BCUT2D eigenvalue weighted by Crippen LogP contribution is 2.17. The maximum absolute atomic E-state index is 13.1. The number of nitrogens with one attached hydrogen (secondary N) is 1. The molecule has 1 heterocycles. The Morgan fingerprint density at radius 1 is 1.07 bits per heavy atom. The summed E-state index contributed by atoms with van der Waals surface area (Å²) in [7, 11) is 0. The average Bonchev–Trinajstić information content (AvgIpc) is 2.64. The zero-order chi connectivity index (χ0) is 19.6. The summed E-state index contributed by atoms with van der Waals surface area (Å²) in [6.45, 7) is 6.22. The largest absolute Gasteiger partial charge is 0.344 e. The van der Waals surface area contributed by atoms with Crippen LogP contribution >= 0.6 is 0 Å². The molecule has 0 radical (unpaired) electrons. The molecule has 3 rings (SSSR count). The fourth-order valence-corrected chi connectivity index (χ4v) is 2.97. The van der Waals surface area contributed by atoms with Gasteiger partial charge in [0.1, 0.15) is 5.82 Å². The Hall–Kier alpha value is -3.02. The molecule has 1 amide bonds. The van der Waals surface area contributed by atoms with E-state index in [4.69, 9.17) is 0 Å². The van der Waals surface area contributed by atoms with Crippen LogP contribution in [0.25, 0.3) is 10.8 Å². The lowest BCUT2D eigenvalue weighted by Crippen LogP contribution is -2.32. The Bertz CT molecular complexity index is 1030. The van der Waals surface area contributed by atoms with E-state index in [-0.39, 0.29) is 34.9 Å². The lowest BCUT2D eigenvalue weighted by atomic mass is 10.1. The minimum absolute atomic E-state index is 0.206. The molecule has 0 saturated carbocycles. The van der Waals surface area contributed by atoms with Crippen LogP contribution in [0.2, 0.25) is 0 Å². The van der Waals surface area contributed by atoms with Gasteiger partial charge < -0.3 is 5.32 Å². The molecule has 2 aromatic carbocycles. The van der Waals surface area contributed by atoms with Crippen LogP contribution in [0.3, 0.4) is 0 Å². The van der Waals surface area contributed by atoms with Crippen LogP contribution in [0.5, 0.6) is 0 Å². The minimum Gasteiger partial charge on any atom is -0.344 e. The van der Waals surface area contributed by atoms with Crippen molar-refractivity contribution in [1.29, 1.82) is 0 Å². The first-order valence-corrected chi connectivity index (χ1v) is 8.93. The number of aromatic nitrogens is 2. The van der Waals surface area contributed by atoms with E-state index in [0.29, 0.717) is 17.3 Å². The fourth-order valence-electron chi connectivity index (χ4n) is 2.97. The second kappa shape index (κ2) is 7.70. The van der Waals surface area contributed by atoms with Crippen molar-refractivity contribution in [2.75, 3.05) is 0 Å². The zero-order valence-corrected chi connectivity index (χ0v) is 15.6. The number of halogens is 1. The second-order valence-electron chi connectivity index (χ2n) is 7.02. The molecule has 0 saturated heterocycles. The Balaban J connectivity index is 1.99. The molecular weight excluding hydrogens is 345 g/mol. The minimum atomic E-state index is -0.375. The van der Waals surface area contributed by atoms with Gasteiger partial charge in [-0.2, -0.15) is 5.10 Å². The van der Waals surface area contributed by atoms with E-state index >= 15 is 0 Å². The summed E-state index contributed by atoms with van der Waals surface area (Å²) >= 11 is 0. The Morgan fingerprint density at radius 2 is 1.70 bits per heavy atom. The summed E-state index contributed by atoms with van der Waals surface area (Å²) in [5.41, 5.74) is 0.784. The third-order valence-electron chi connectivity index (χ3n) is 4.34. The first kappa shape index (κ1) is 18.8. The van der Waals surface area contributed by atoms with Crippen LogP contribution < -0.4 is 10.9 Å². The van der Waals surface area contributed by atoms with E-state index in [9.17, 15) is 14.0 Å². The van der Waals surface area contributed by atoms with Crippen molar-refractivity contribution in [2.45, 2.75) is 33.4 Å². The first-order chi connectivity index (χ1) is 12.9. The van der Waals surface area contributed by atoms with Gasteiger partial charge in [-0.15, -0.1) is 0 Å². The molecule has 6 heteroatoms. The molecule has 1 N–H and O–H groups in total. The molecule has 3 aromatic rings. The van der Waals surface area contributed by atoms with E-state index in [0.717, 1.165) is 5.56 Å². The Labute approximate surface area is 156 Å². The summed E-state index contributed by atoms with van der Waals surface area (Å²) in [5, 5.41) is 8.20. The Kier molecular flexibility index (Phi) is 5.35. The van der Waals surface area contributed by atoms with Crippen molar-refractivity contribution in [1.82, 2.24) is 15.1 Å². The Morgan fingerprint density at radius 3 is 2.33 bits per heavy atom. The molecule has 1 atom stereocenters. The van der Waals surface area contributed by atoms with Crippen LogP contribution in [0, 0.1) is 11.7 Å². The fraction of sp³-hybridized carbons (Fsp3) is 0.286. The summed E-state index contributed by atoms with van der Waals surface area (Å²) in [5.74, 6) is -0.489. The van der Waals surface area contributed by atoms with Gasteiger partial charge in [-0.1, -0.05) is 44.2 Å². The van der Waals surface area contributed by atoms with E-state index in [1.54, 1.807) is 36.4 Å². The molecule has 0 unspecified atom stereocenters. The van der Waals surface area contributed by atoms with Crippen LogP contribution in [-0.4, -0.2) is 15.7 Å². The van der Waals surface area contributed by atoms with Crippen LogP contribution in [0.1, 0.15) is 42.9 Å². The van der Waals surface area contributed by atoms with Crippen molar-refractivity contribution in [3.8, 4) is 0 Å². The molecule has 0 bridgehead atoms. The predicted molar refractivity (Wildman–Crippen MR) is 103 cm³/mol. The molecular formula is C21H22FN3O2. The molecule has 27 heavy (non-hydrogen) atoms. The van der Waals surface area contributed by atoms with Gasteiger partial charge in [-0.25, -0.2) is 9.07 Å². The van der Waals surface area contributed by atoms with Gasteiger partial charge in [0.15, 0.2) is 5.69 Å². The van der Waals surface area contributed by atoms with E-state index in [2.05, 4.69) is 10.4 Å². The number of benzene rings is 2. The molecule has 0 spiro atoms. The number of carbonyl (C=O) groups excluding carboxylic acids is 1. The van der Waals surface area contributed by atoms with E-state index in [1.165, 1.54) is 16.8 Å². The van der Waals surface area contributed by atoms with Crippen molar-refractivity contribution in [2.24, 2.45) is 5.92 Å². The summed E-state index contributed by atoms with van der Waals surface area (Å²) in [6.07, 6.45) is 0. The number of nitrogens with zero attached hydrogens (tertiary/aromatic N) is 2. The van der Waals surface area contributed by atoms with E-state index < -0.39 is 0 Å². The van der Waals surface area contributed by atoms with Gasteiger partial charge >= 0.3 is 0 Å². The van der Waals surface area contributed by atoms with Gasteiger partial charge in [0.05, 0.1) is 11.4 Å². The molecule has 5 nitrogen and oxygen atoms in total. The second-order valence-corrected chi connectivity index (χ2v) is 7.02. The highest BCUT2D eigenvalue weighted by molar-refractivity contribution is 6.04. The van der Waals surface area contributed by atoms with E-state index in [1.807, 2.05) is 20.8 Å². The standard InChI is InChI=1S/C21H22FN3O2/c1-13(2)12-25-21(27)18-7-5-4-6-17(18)19(24-25)20(26)23-14(3)15-8-10-16(22)11-9-15/h4-11,13-14H,12H2,1-3H3,(H,23,26)/t14-/m1/s1. The van der Waals surface area contributed by atoms with Crippen LogP contribution in [0.4, 0.5) is 4.39 Å². The molecule has 140 valence electrons. The average molecular weight is 367 g/mol. The smallest absolute Gasteiger partial charge is 0.274 e. The van der Waals surface area contributed by atoms with Gasteiger partial charge in [0.25, 0.3) is 11.5 Å². The van der Waals surface area contributed by atoms with Crippen molar-refractivity contribution in [3.63, 3.8) is 0 Å². The molecule has 1 aromatic heterocycles. The van der Waals surface area contributed by atoms with Crippen molar-refractivity contribution in [3.05, 3.63) is 76.0 Å². The maximum Gasteiger partial charge on any atom is 0.274 e. The van der Waals surface area contributed by atoms with Crippen LogP contribution in [0.15, 0.2) is 53.3 Å². The summed E-state index contributed by atoms with van der Waals surface area (Å²) in [4.78, 5) is 25.5. The zero-order valence-electron chi connectivity index (χ0n) is 15.6. The van der Waals surface area contributed by atoms with Gasteiger partial charge in [-0.05, 0) is 36.6 Å². The van der Waals surface area contributed by atoms with Crippen LogP contribution in [-0.2, 0) is 6.54 Å². The molecule has 0 fully saturated rings. The summed E-state index contributed by atoms with van der Waals surface area (Å²) in [6, 6.07) is 12.6. The summed E-state index contributed by atoms with van der Waals surface area (Å²) < 4.78 is 14.5. The van der Waals surface area contributed by atoms with Gasteiger partial charge in [0, 0.05) is 11.9 Å². The van der Waals surface area contributed by atoms with Crippen molar-refractivity contribution >= 4 is 16.7 Å². The lowest BCUT2D eigenvalue weighted by Gasteiger charge is -2.16. The molecule has 0 aliphatic rings. The van der Waals surface area contributed by atoms with Crippen molar-refractivity contribution < 1.29 is 9.18 Å². The quantitative estimate of drug-likeness (QED) is 0.748. The number of hydrogen-bond donors (Lipinski definition) is 1. The maximum atomic E-state index is 13.1. The monoisotopic (exact) mass is 367 g/mol. The molecule has 0 aliphatic carbocycles. The normalized spacial score (nSPS) is 12.3. The lowest BCUT2D eigenvalue weighted by molar-refractivity contribution is 0.0934. The topological polar surface area (TPSA) is 64.0 Å². The number of carbonyl (C=O) groups is 1. The predicted octanol–water partition coefficient (Wildman–Crippen LogP) is 3.68.